The zero-order chi connectivity index (χ0) is 11.7. The second-order valence-corrected chi connectivity index (χ2v) is 5.35. The maximum Gasteiger partial charge on any atom is 0.144 e. The van der Waals surface area contributed by atoms with Crippen molar-refractivity contribution in [3.8, 4) is 5.75 Å². The monoisotopic (exact) mass is 323 g/mol. The molecule has 1 N–H and O–H groups in total. The van der Waals surface area contributed by atoms with Crippen LogP contribution in [-0.4, -0.2) is 13.2 Å². The first-order valence-corrected chi connectivity index (χ1v) is 6.73. The zero-order valence-electron chi connectivity index (χ0n) is 8.82. The normalized spacial score (nSPS) is 18.4. The van der Waals surface area contributed by atoms with E-state index in [-0.39, 0.29) is 6.04 Å². The topological polar surface area (TPSA) is 21.3 Å². The first kappa shape index (κ1) is 12.5. The molecule has 88 valence electrons. The molecule has 1 aliphatic heterocycles. The lowest BCUT2D eigenvalue weighted by atomic mass is 10.1. The number of ether oxygens (including phenoxy) is 1. The van der Waals surface area contributed by atoms with Crippen molar-refractivity contribution in [3.63, 3.8) is 0 Å². The fourth-order valence-electron chi connectivity index (χ4n) is 1.78. The number of hydrogen-bond acceptors (Lipinski definition) is 2. The van der Waals surface area contributed by atoms with Gasteiger partial charge < -0.3 is 10.1 Å². The van der Waals surface area contributed by atoms with Crippen molar-refractivity contribution in [2.45, 2.75) is 19.4 Å². The fourth-order valence-corrected chi connectivity index (χ4v) is 2.90. The van der Waals surface area contributed by atoms with E-state index in [4.69, 9.17) is 27.9 Å². The molecule has 0 saturated carbocycles. The van der Waals surface area contributed by atoms with Crippen LogP contribution in [0, 0.1) is 0 Å². The summed E-state index contributed by atoms with van der Waals surface area (Å²) >= 11 is 15.8. The van der Waals surface area contributed by atoms with Gasteiger partial charge in [-0.25, -0.2) is 0 Å². The summed E-state index contributed by atoms with van der Waals surface area (Å²) in [5.41, 5.74) is 0.967. The van der Waals surface area contributed by atoms with E-state index in [1.54, 1.807) is 6.07 Å². The molecule has 0 fully saturated rings. The number of fused-ring (bicyclic) bond motifs is 1. The molecule has 0 aliphatic carbocycles. The summed E-state index contributed by atoms with van der Waals surface area (Å²) < 4.78 is 6.39. The molecule has 1 aliphatic rings. The first-order chi connectivity index (χ1) is 7.65. The Morgan fingerprint density at radius 2 is 2.31 bits per heavy atom. The maximum atomic E-state index is 6.26. The summed E-state index contributed by atoms with van der Waals surface area (Å²) in [6.45, 7) is 3.65. The molecule has 5 heteroatoms. The first-order valence-electron chi connectivity index (χ1n) is 5.18. The minimum Gasteiger partial charge on any atom is -0.490 e. The molecule has 2 nitrogen and oxygen atoms in total. The average molecular weight is 325 g/mol. The van der Waals surface area contributed by atoms with Crippen LogP contribution in [0.4, 0.5) is 0 Å². The number of hydrogen-bond donors (Lipinski definition) is 1. The highest BCUT2D eigenvalue weighted by molar-refractivity contribution is 9.10. The van der Waals surface area contributed by atoms with Gasteiger partial charge in [0.2, 0.25) is 0 Å². The highest BCUT2D eigenvalue weighted by Gasteiger charge is 2.29. The van der Waals surface area contributed by atoms with E-state index in [2.05, 4.69) is 28.2 Å². The molecule has 0 radical (unpaired) electrons. The van der Waals surface area contributed by atoms with Gasteiger partial charge in [0.05, 0.1) is 16.1 Å². The predicted octanol–water partition coefficient (Wildman–Crippen LogP) is 4.19. The van der Waals surface area contributed by atoms with Crippen LogP contribution >= 0.6 is 39.1 Å². The van der Waals surface area contributed by atoms with Crippen molar-refractivity contribution in [1.29, 1.82) is 0 Å². The van der Waals surface area contributed by atoms with Gasteiger partial charge in [-0.1, -0.05) is 30.1 Å². The van der Waals surface area contributed by atoms with E-state index >= 15 is 0 Å². The standard InChI is InChI=1S/C11H12BrCl2NO/c1-2-3-15-8-5-16-11-7(13)4-6(12)10(14)9(8)11/h4,8,15H,2-3,5H2,1H3. The molecule has 0 spiro atoms. The lowest BCUT2D eigenvalue weighted by molar-refractivity contribution is 0.311. The Balaban J connectivity index is 2.37. The third-order valence-corrected chi connectivity index (χ3v) is 4.09. The number of nitrogens with one attached hydrogen (secondary N) is 1. The number of benzene rings is 1. The average Bonchev–Trinajstić information content (AvgIpc) is 2.67. The quantitative estimate of drug-likeness (QED) is 0.842. The lowest BCUT2D eigenvalue weighted by Gasteiger charge is -2.12. The van der Waals surface area contributed by atoms with Crippen LogP contribution in [-0.2, 0) is 0 Å². The summed E-state index contributed by atoms with van der Waals surface area (Å²) in [6.07, 6.45) is 1.07. The Morgan fingerprint density at radius 3 is 3.00 bits per heavy atom. The van der Waals surface area contributed by atoms with Gasteiger partial charge in [0.1, 0.15) is 12.4 Å². The van der Waals surface area contributed by atoms with Crippen molar-refractivity contribution >= 4 is 39.1 Å². The van der Waals surface area contributed by atoms with Gasteiger partial charge >= 0.3 is 0 Å². The van der Waals surface area contributed by atoms with Crippen LogP contribution in [0.3, 0.4) is 0 Å². The Hall–Kier alpha value is 0.0400. The molecule has 1 heterocycles. The van der Waals surface area contributed by atoms with E-state index in [0.717, 1.165) is 23.0 Å². The Bertz CT molecular complexity index is 411. The molecular weight excluding hydrogens is 313 g/mol. The van der Waals surface area contributed by atoms with Gasteiger partial charge in [0, 0.05) is 10.0 Å². The highest BCUT2D eigenvalue weighted by atomic mass is 79.9. The Morgan fingerprint density at radius 1 is 1.56 bits per heavy atom. The fraction of sp³-hybridized carbons (Fsp3) is 0.455. The molecule has 1 unspecified atom stereocenters. The van der Waals surface area contributed by atoms with Crippen LogP contribution in [0.15, 0.2) is 10.5 Å². The minimum absolute atomic E-state index is 0.137. The summed E-state index contributed by atoms with van der Waals surface area (Å²) in [6, 6.07) is 1.91. The third kappa shape index (κ3) is 2.19. The molecule has 16 heavy (non-hydrogen) atoms. The molecule has 2 rings (SSSR count). The van der Waals surface area contributed by atoms with Crippen molar-refractivity contribution in [1.82, 2.24) is 5.32 Å². The van der Waals surface area contributed by atoms with Crippen LogP contribution in [0.5, 0.6) is 5.75 Å². The zero-order valence-corrected chi connectivity index (χ0v) is 11.9. The van der Waals surface area contributed by atoms with Crippen molar-refractivity contribution in [2.75, 3.05) is 13.2 Å². The van der Waals surface area contributed by atoms with Crippen LogP contribution in [0.1, 0.15) is 24.9 Å². The number of halogens is 3. The van der Waals surface area contributed by atoms with Crippen LogP contribution in [0.25, 0.3) is 0 Å². The van der Waals surface area contributed by atoms with Crippen molar-refractivity contribution in [2.24, 2.45) is 0 Å². The van der Waals surface area contributed by atoms with Gasteiger partial charge in [-0.2, -0.15) is 0 Å². The van der Waals surface area contributed by atoms with Crippen LogP contribution in [0.2, 0.25) is 10.0 Å². The molecule has 0 saturated heterocycles. The maximum absolute atomic E-state index is 6.26. The van der Waals surface area contributed by atoms with E-state index in [1.165, 1.54) is 0 Å². The predicted molar refractivity (Wildman–Crippen MR) is 70.7 cm³/mol. The highest BCUT2D eigenvalue weighted by Crippen LogP contribution is 2.46. The molecule has 1 aromatic carbocycles. The van der Waals surface area contributed by atoms with Gasteiger partial charge in [-0.05, 0) is 35.0 Å². The molecule has 0 bridgehead atoms. The van der Waals surface area contributed by atoms with Crippen LogP contribution < -0.4 is 10.1 Å². The minimum atomic E-state index is 0.137. The summed E-state index contributed by atoms with van der Waals surface area (Å²) in [7, 11) is 0. The smallest absolute Gasteiger partial charge is 0.144 e. The van der Waals surface area contributed by atoms with Crippen molar-refractivity contribution in [3.05, 3.63) is 26.1 Å². The third-order valence-electron chi connectivity index (χ3n) is 2.54. The summed E-state index contributed by atoms with van der Waals surface area (Å²) in [5, 5.41) is 4.68. The lowest BCUT2D eigenvalue weighted by Crippen LogP contribution is -2.23. The molecule has 0 amide bonds. The van der Waals surface area contributed by atoms with E-state index in [1.807, 2.05) is 0 Å². The van der Waals surface area contributed by atoms with Gasteiger partial charge in [0.15, 0.2) is 0 Å². The second-order valence-electron chi connectivity index (χ2n) is 3.71. The van der Waals surface area contributed by atoms with Gasteiger partial charge in [-0.3, -0.25) is 0 Å². The van der Waals surface area contributed by atoms with E-state index in [0.29, 0.717) is 22.4 Å². The van der Waals surface area contributed by atoms with Crippen molar-refractivity contribution < 1.29 is 4.74 Å². The number of rotatable bonds is 3. The molecule has 1 aromatic rings. The Labute approximate surface area is 113 Å². The molecular formula is C11H12BrCl2NO. The second kappa shape index (κ2) is 5.13. The van der Waals surface area contributed by atoms with Gasteiger partial charge in [-0.15, -0.1) is 0 Å². The van der Waals surface area contributed by atoms with Gasteiger partial charge in [0.25, 0.3) is 0 Å². The summed E-state index contributed by atoms with van der Waals surface area (Å²) in [4.78, 5) is 0. The molecule has 0 aromatic heterocycles. The van der Waals surface area contributed by atoms with E-state index in [9.17, 15) is 0 Å². The largest absolute Gasteiger partial charge is 0.490 e. The molecule has 1 atom stereocenters. The summed E-state index contributed by atoms with van der Waals surface area (Å²) in [5.74, 6) is 0.712. The Kier molecular flexibility index (Phi) is 4.01. The van der Waals surface area contributed by atoms with E-state index < -0.39 is 0 Å². The SMILES string of the molecule is CCCNC1COc2c(Cl)cc(Br)c(Cl)c21.